The summed E-state index contributed by atoms with van der Waals surface area (Å²) in [5.74, 6) is 0.675. The molecule has 0 aromatic heterocycles. The molecule has 15 heavy (non-hydrogen) atoms. The van der Waals surface area contributed by atoms with Crippen LogP contribution in [0.3, 0.4) is 0 Å². The Kier molecular flexibility index (Phi) is 4.00. The SMILES string of the molecule is CC1CCN(CCN2CCCC2)C1CO. The van der Waals surface area contributed by atoms with Crippen molar-refractivity contribution in [3.63, 3.8) is 0 Å². The van der Waals surface area contributed by atoms with Crippen molar-refractivity contribution in [2.75, 3.05) is 39.3 Å². The van der Waals surface area contributed by atoms with Crippen LogP contribution in [0, 0.1) is 5.92 Å². The number of likely N-dealkylation sites (tertiary alicyclic amines) is 2. The second kappa shape index (κ2) is 5.28. The first-order chi connectivity index (χ1) is 7.31. The van der Waals surface area contributed by atoms with E-state index in [0.29, 0.717) is 18.6 Å². The fourth-order valence-corrected chi connectivity index (χ4v) is 2.94. The van der Waals surface area contributed by atoms with Crippen molar-refractivity contribution in [1.82, 2.24) is 9.80 Å². The highest BCUT2D eigenvalue weighted by Gasteiger charge is 2.30. The first-order valence-electron chi connectivity index (χ1n) is 6.38. The molecule has 0 radical (unpaired) electrons. The van der Waals surface area contributed by atoms with Gasteiger partial charge in [-0.3, -0.25) is 4.90 Å². The predicted molar refractivity (Wildman–Crippen MR) is 61.9 cm³/mol. The Bertz CT molecular complexity index is 192. The summed E-state index contributed by atoms with van der Waals surface area (Å²) in [7, 11) is 0. The molecule has 2 atom stereocenters. The Morgan fingerprint density at radius 2 is 1.87 bits per heavy atom. The third-order valence-electron chi connectivity index (χ3n) is 4.09. The summed E-state index contributed by atoms with van der Waals surface area (Å²) in [6.45, 7) is 8.69. The van der Waals surface area contributed by atoms with Crippen LogP contribution >= 0.6 is 0 Å². The lowest BCUT2D eigenvalue weighted by Gasteiger charge is -2.27. The van der Waals surface area contributed by atoms with Gasteiger partial charge in [-0.2, -0.15) is 0 Å². The van der Waals surface area contributed by atoms with Crippen LogP contribution < -0.4 is 0 Å². The van der Waals surface area contributed by atoms with Crippen molar-refractivity contribution in [2.45, 2.75) is 32.2 Å². The van der Waals surface area contributed by atoms with E-state index >= 15 is 0 Å². The molecule has 0 spiro atoms. The lowest BCUT2D eigenvalue weighted by Crippen LogP contribution is -2.40. The van der Waals surface area contributed by atoms with E-state index in [-0.39, 0.29) is 0 Å². The number of hydrogen-bond donors (Lipinski definition) is 1. The molecular formula is C12H24N2O. The summed E-state index contributed by atoms with van der Waals surface area (Å²) in [5.41, 5.74) is 0. The highest BCUT2D eigenvalue weighted by atomic mass is 16.3. The summed E-state index contributed by atoms with van der Waals surface area (Å²) in [6, 6.07) is 0.424. The van der Waals surface area contributed by atoms with E-state index < -0.39 is 0 Å². The topological polar surface area (TPSA) is 26.7 Å². The molecule has 88 valence electrons. The molecule has 2 unspecified atom stereocenters. The van der Waals surface area contributed by atoms with Crippen LogP contribution in [0.15, 0.2) is 0 Å². The second-order valence-electron chi connectivity index (χ2n) is 5.10. The molecule has 3 nitrogen and oxygen atoms in total. The Balaban J connectivity index is 1.73. The molecule has 2 fully saturated rings. The van der Waals surface area contributed by atoms with Crippen LogP contribution in [0.2, 0.25) is 0 Å². The second-order valence-corrected chi connectivity index (χ2v) is 5.10. The van der Waals surface area contributed by atoms with Gasteiger partial charge in [0.05, 0.1) is 6.61 Å². The van der Waals surface area contributed by atoms with Gasteiger partial charge in [0.2, 0.25) is 0 Å². The fraction of sp³-hybridized carbons (Fsp3) is 1.00. The molecule has 2 aliphatic rings. The summed E-state index contributed by atoms with van der Waals surface area (Å²) < 4.78 is 0. The molecule has 0 aromatic rings. The standard InChI is InChI=1S/C12H24N2O/c1-11-4-7-14(12(11)10-15)9-8-13-5-2-3-6-13/h11-12,15H,2-10H2,1H3. The van der Waals surface area contributed by atoms with Crippen LogP contribution in [0.25, 0.3) is 0 Å². The molecule has 2 saturated heterocycles. The minimum absolute atomic E-state index is 0.334. The highest BCUT2D eigenvalue weighted by Crippen LogP contribution is 2.23. The molecule has 2 rings (SSSR count). The van der Waals surface area contributed by atoms with E-state index in [4.69, 9.17) is 0 Å². The predicted octanol–water partition coefficient (Wildman–Crippen LogP) is 0.785. The van der Waals surface area contributed by atoms with E-state index in [1.165, 1.54) is 45.4 Å². The van der Waals surface area contributed by atoms with E-state index in [1.807, 2.05) is 0 Å². The number of hydrogen-bond acceptors (Lipinski definition) is 3. The monoisotopic (exact) mass is 212 g/mol. The third kappa shape index (κ3) is 2.71. The quantitative estimate of drug-likeness (QED) is 0.746. The Labute approximate surface area is 93.1 Å². The average molecular weight is 212 g/mol. The molecular weight excluding hydrogens is 188 g/mol. The van der Waals surface area contributed by atoms with Gasteiger partial charge in [-0.15, -0.1) is 0 Å². The van der Waals surface area contributed by atoms with Gasteiger partial charge in [-0.05, 0) is 44.8 Å². The minimum atomic E-state index is 0.334. The van der Waals surface area contributed by atoms with Crippen molar-refractivity contribution in [1.29, 1.82) is 0 Å². The molecule has 0 saturated carbocycles. The smallest absolute Gasteiger partial charge is 0.0589 e. The maximum Gasteiger partial charge on any atom is 0.0589 e. The Morgan fingerprint density at radius 1 is 1.13 bits per heavy atom. The zero-order valence-corrected chi connectivity index (χ0v) is 9.86. The summed E-state index contributed by atoms with van der Waals surface area (Å²) >= 11 is 0. The molecule has 0 bridgehead atoms. The summed E-state index contributed by atoms with van der Waals surface area (Å²) in [5, 5.41) is 9.34. The van der Waals surface area contributed by atoms with Crippen LogP contribution in [-0.4, -0.2) is 60.3 Å². The number of aliphatic hydroxyl groups excluding tert-OH is 1. The van der Waals surface area contributed by atoms with Crippen molar-refractivity contribution in [3.05, 3.63) is 0 Å². The Morgan fingerprint density at radius 3 is 2.53 bits per heavy atom. The van der Waals surface area contributed by atoms with Crippen LogP contribution in [0.4, 0.5) is 0 Å². The first kappa shape index (κ1) is 11.4. The van der Waals surface area contributed by atoms with Gasteiger partial charge in [-0.1, -0.05) is 6.92 Å². The van der Waals surface area contributed by atoms with E-state index in [9.17, 15) is 5.11 Å². The molecule has 2 heterocycles. The normalized spacial score (nSPS) is 34.0. The van der Waals surface area contributed by atoms with E-state index in [2.05, 4.69) is 16.7 Å². The summed E-state index contributed by atoms with van der Waals surface area (Å²) in [6.07, 6.45) is 4.00. The molecule has 0 aliphatic carbocycles. The third-order valence-corrected chi connectivity index (χ3v) is 4.09. The number of nitrogens with zero attached hydrogens (tertiary/aromatic N) is 2. The van der Waals surface area contributed by atoms with Gasteiger partial charge in [-0.25, -0.2) is 0 Å². The zero-order valence-electron chi connectivity index (χ0n) is 9.86. The zero-order chi connectivity index (χ0) is 10.7. The lowest BCUT2D eigenvalue weighted by molar-refractivity contribution is 0.129. The van der Waals surface area contributed by atoms with Gasteiger partial charge < -0.3 is 10.0 Å². The molecule has 1 N–H and O–H groups in total. The molecule has 3 heteroatoms. The summed E-state index contributed by atoms with van der Waals surface area (Å²) in [4.78, 5) is 5.03. The van der Waals surface area contributed by atoms with Crippen LogP contribution in [0.1, 0.15) is 26.2 Å². The van der Waals surface area contributed by atoms with Crippen molar-refractivity contribution < 1.29 is 5.11 Å². The van der Waals surface area contributed by atoms with E-state index in [1.54, 1.807) is 0 Å². The number of rotatable bonds is 4. The average Bonchev–Trinajstić information content (AvgIpc) is 2.84. The molecule has 0 aromatic carbocycles. The number of aliphatic hydroxyl groups is 1. The van der Waals surface area contributed by atoms with Gasteiger partial charge in [0.25, 0.3) is 0 Å². The van der Waals surface area contributed by atoms with Gasteiger partial charge >= 0.3 is 0 Å². The first-order valence-corrected chi connectivity index (χ1v) is 6.38. The van der Waals surface area contributed by atoms with Crippen molar-refractivity contribution in [2.24, 2.45) is 5.92 Å². The van der Waals surface area contributed by atoms with Crippen molar-refractivity contribution in [3.8, 4) is 0 Å². The largest absolute Gasteiger partial charge is 0.395 e. The Hall–Kier alpha value is -0.120. The molecule has 0 amide bonds. The molecule has 2 aliphatic heterocycles. The van der Waals surface area contributed by atoms with Crippen LogP contribution in [0.5, 0.6) is 0 Å². The highest BCUT2D eigenvalue weighted by molar-refractivity contribution is 4.84. The van der Waals surface area contributed by atoms with Gasteiger partial charge in [0.15, 0.2) is 0 Å². The lowest BCUT2D eigenvalue weighted by atomic mass is 10.0. The van der Waals surface area contributed by atoms with Gasteiger partial charge in [0.1, 0.15) is 0 Å². The maximum absolute atomic E-state index is 9.34. The van der Waals surface area contributed by atoms with Crippen molar-refractivity contribution >= 4 is 0 Å². The fourth-order valence-electron chi connectivity index (χ4n) is 2.94. The van der Waals surface area contributed by atoms with Gasteiger partial charge in [0, 0.05) is 19.1 Å². The minimum Gasteiger partial charge on any atom is -0.395 e. The van der Waals surface area contributed by atoms with E-state index in [0.717, 1.165) is 6.54 Å². The van der Waals surface area contributed by atoms with Crippen LogP contribution in [-0.2, 0) is 0 Å². The maximum atomic E-state index is 9.34.